The molecule has 28 heavy (non-hydrogen) atoms. The van der Waals surface area contributed by atoms with Gasteiger partial charge in [0, 0.05) is 18.8 Å². The quantitative estimate of drug-likeness (QED) is 0.832. The predicted octanol–water partition coefficient (Wildman–Crippen LogP) is 3.35. The van der Waals surface area contributed by atoms with Crippen LogP contribution in [0.3, 0.4) is 0 Å². The van der Waals surface area contributed by atoms with E-state index < -0.39 is 10.0 Å². The predicted molar refractivity (Wildman–Crippen MR) is 109 cm³/mol. The number of carbonyl (C=O) groups excluding carboxylic acids is 1. The summed E-state index contributed by atoms with van der Waals surface area (Å²) in [7, 11) is -2.10. The minimum atomic E-state index is -3.66. The fourth-order valence-electron chi connectivity index (χ4n) is 3.50. The summed E-state index contributed by atoms with van der Waals surface area (Å²) in [6.45, 7) is 4.38. The Labute approximate surface area is 166 Å². The minimum Gasteiger partial charge on any atom is -0.496 e. The highest BCUT2D eigenvalue weighted by atomic mass is 32.2. The van der Waals surface area contributed by atoms with Gasteiger partial charge in [0.25, 0.3) is 0 Å². The standard InChI is InChI=1S/C21H26N2O4S/c1-15-6-4-8-18(12-15)22-21(24)17-7-5-11-23(14-17)28(25,26)19-9-10-20(27-3)16(2)13-19/h4,6,8-10,12-13,17H,5,7,11,14H2,1-3H3,(H,22,24). The third-order valence-electron chi connectivity index (χ3n) is 5.04. The fourth-order valence-corrected chi connectivity index (χ4v) is 5.11. The molecule has 1 fully saturated rings. The first-order chi connectivity index (χ1) is 13.3. The molecule has 1 unspecified atom stereocenters. The second-order valence-electron chi connectivity index (χ2n) is 7.19. The summed E-state index contributed by atoms with van der Waals surface area (Å²) in [5, 5.41) is 2.91. The maximum Gasteiger partial charge on any atom is 0.243 e. The number of hydrogen-bond acceptors (Lipinski definition) is 4. The molecule has 0 radical (unpaired) electrons. The molecule has 0 bridgehead atoms. The molecule has 6 nitrogen and oxygen atoms in total. The van der Waals surface area contributed by atoms with E-state index in [1.165, 1.54) is 4.31 Å². The molecule has 1 aliphatic rings. The van der Waals surface area contributed by atoms with Gasteiger partial charge in [-0.3, -0.25) is 4.79 Å². The molecule has 0 spiro atoms. The number of methoxy groups -OCH3 is 1. The van der Waals surface area contributed by atoms with Gasteiger partial charge in [-0.1, -0.05) is 12.1 Å². The molecular formula is C21H26N2O4S. The fraction of sp³-hybridized carbons (Fsp3) is 0.381. The Balaban J connectivity index is 1.74. The van der Waals surface area contributed by atoms with Gasteiger partial charge in [-0.15, -0.1) is 0 Å². The zero-order valence-corrected chi connectivity index (χ0v) is 17.3. The highest BCUT2D eigenvalue weighted by Gasteiger charge is 2.33. The second kappa shape index (κ2) is 8.32. The van der Waals surface area contributed by atoms with E-state index in [1.54, 1.807) is 25.3 Å². The van der Waals surface area contributed by atoms with Crippen molar-refractivity contribution in [2.75, 3.05) is 25.5 Å². The first kappa shape index (κ1) is 20.4. The number of hydrogen-bond donors (Lipinski definition) is 1. The average molecular weight is 403 g/mol. The van der Waals surface area contributed by atoms with Crippen molar-refractivity contribution >= 4 is 21.6 Å². The van der Waals surface area contributed by atoms with Crippen molar-refractivity contribution in [1.82, 2.24) is 4.31 Å². The van der Waals surface area contributed by atoms with E-state index in [0.29, 0.717) is 25.1 Å². The van der Waals surface area contributed by atoms with Crippen LogP contribution in [-0.2, 0) is 14.8 Å². The summed E-state index contributed by atoms with van der Waals surface area (Å²) >= 11 is 0. The van der Waals surface area contributed by atoms with Crippen LogP contribution < -0.4 is 10.1 Å². The summed E-state index contributed by atoms with van der Waals surface area (Å²) < 4.78 is 32.8. The Morgan fingerprint density at radius 1 is 1.18 bits per heavy atom. The van der Waals surface area contributed by atoms with Gasteiger partial charge in [-0.25, -0.2) is 8.42 Å². The normalized spacial score (nSPS) is 17.9. The molecule has 3 rings (SSSR count). The molecule has 1 atom stereocenters. The van der Waals surface area contributed by atoms with Gasteiger partial charge in [-0.05, 0) is 68.1 Å². The summed E-state index contributed by atoms with van der Waals surface area (Å²) in [5.41, 5.74) is 2.55. The Hall–Kier alpha value is -2.38. The number of ether oxygens (including phenoxy) is 1. The van der Waals surface area contributed by atoms with Crippen LogP contribution in [0.2, 0.25) is 0 Å². The molecule has 7 heteroatoms. The Bertz CT molecular complexity index is 972. The highest BCUT2D eigenvalue weighted by Crippen LogP contribution is 2.27. The van der Waals surface area contributed by atoms with Gasteiger partial charge in [0.2, 0.25) is 15.9 Å². The number of aryl methyl sites for hydroxylation is 2. The van der Waals surface area contributed by atoms with Crippen molar-refractivity contribution < 1.29 is 17.9 Å². The molecule has 1 amide bonds. The zero-order valence-electron chi connectivity index (χ0n) is 16.4. The van der Waals surface area contributed by atoms with Crippen LogP contribution in [0.5, 0.6) is 5.75 Å². The molecule has 0 saturated carbocycles. The van der Waals surface area contributed by atoms with E-state index in [1.807, 2.05) is 38.1 Å². The van der Waals surface area contributed by atoms with Crippen molar-refractivity contribution in [1.29, 1.82) is 0 Å². The van der Waals surface area contributed by atoms with Crippen molar-refractivity contribution in [3.8, 4) is 5.75 Å². The van der Waals surface area contributed by atoms with E-state index in [2.05, 4.69) is 5.32 Å². The van der Waals surface area contributed by atoms with Crippen LogP contribution in [-0.4, -0.2) is 38.8 Å². The Morgan fingerprint density at radius 3 is 2.64 bits per heavy atom. The third-order valence-corrected chi connectivity index (χ3v) is 6.91. The minimum absolute atomic E-state index is 0.142. The Kier molecular flexibility index (Phi) is 6.05. The molecule has 1 heterocycles. The summed E-state index contributed by atoms with van der Waals surface area (Å²) in [6.07, 6.45) is 1.32. The van der Waals surface area contributed by atoms with Gasteiger partial charge in [0.15, 0.2) is 0 Å². The van der Waals surface area contributed by atoms with Crippen LogP contribution in [0.4, 0.5) is 5.69 Å². The largest absolute Gasteiger partial charge is 0.496 e. The zero-order chi connectivity index (χ0) is 20.3. The number of nitrogens with one attached hydrogen (secondary N) is 1. The van der Waals surface area contributed by atoms with Crippen LogP contribution in [0.1, 0.15) is 24.0 Å². The van der Waals surface area contributed by atoms with E-state index >= 15 is 0 Å². The van der Waals surface area contributed by atoms with E-state index in [0.717, 1.165) is 16.8 Å². The highest BCUT2D eigenvalue weighted by molar-refractivity contribution is 7.89. The third kappa shape index (κ3) is 4.36. The smallest absolute Gasteiger partial charge is 0.243 e. The number of sulfonamides is 1. The van der Waals surface area contributed by atoms with Gasteiger partial charge in [0.05, 0.1) is 17.9 Å². The van der Waals surface area contributed by atoms with E-state index in [-0.39, 0.29) is 23.3 Å². The van der Waals surface area contributed by atoms with Crippen LogP contribution in [0.15, 0.2) is 47.4 Å². The first-order valence-electron chi connectivity index (χ1n) is 9.33. The molecule has 1 saturated heterocycles. The van der Waals surface area contributed by atoms with Crippen LogP contribution in [0.25, 0.3) is 0 Å². The lowest BCUT2D eigenvalue weighted by molar-refractivity contribution is -0.120. The number of carbonyl (C=O) groups is 1. The van der Waals surface area contributed by atoms with Crippen molar-refractivity contribution in [3.05, 3.63) is 53.6 Å². The molecule has 1 aliphatic heterocycles. The molecule has 0 aromatic heterocycles. The number of amides is 1. The lowest BCUT2D eigenvalue weighted by Crippen LogP contribution is -2.43. The van der Waals surface area contributed by atoms with Crippen molar-refractivity contribution in [3.63, 3.8) is 0 Å². The van der Waals surface area contributed by atoms with Crippen LogP contribution >= 0.6 is 0 Å². The molecule has 2 aromatic carbocycles. The molecule has 0 aliphatic carbocycles. The molecular weight excluding hydrogens is 376 g/mol. The Morgan fingerprint density at radius 2 is 1.96 bits per heavy atom. The lowest BCUT2D eigenvalue weighted by Gasteiger charge is -2.31. The number of piperidine rings is 1. The van der Waals surface area contributed by atoms with Gasteiger partial charge < -0.3 is 10.1 Å². The number of nitrogens with zero attached hydrogens (tertiary/aromatic N) is 1. The number of benzene rings is 2. The van der Waals surface area contributed by atoms with Gasteiger partial charge in [0.1, 0.15) is 5.75 Å². The maximum atomic E-state index is 13.1. The SMILES string of the molecule is COc1ccc(S(=O)(=O)N2CCCC(C(=O)Nc3cccc(C)c3)C2)cc1C. The van der Waals surface area contributed by atoms with Crippen LogP contribution in [0, 0.1) is 19.8 Å². The van der Waals surface area contributed by atoms with E-state index in [9.17, 15) is 13.2 Å². The summed E-state index contributed by atoms with van der Waals surface area (Å²) in [5.74, 6) is 0.132. The monoisotopic (exact) mass is 402 g/mol. The van der Waals surface area contributed by atoms with Gasteiger partial charge >= 0.3 is 0 Å². The molecule has 150 valence electrons. The van der Waals surface area contributed by atoms with Crippen molar-refractivity contribution in [2.24, 2.45) is 5.92 Å². The first-order valence-corrected chi connectivity index (χ1v) is 10.8. The van der Waals surface area contributed by atoms with Gasteiger partial charge in [-0.2, -0.15) is 4.31 Å². The molecule has 1 N–H and O–H groups in total. The van der Waals surface area contributed by atoms with E-state index in [4.69, 9.17) is 4.74 Å². The lowest BCUT2D eigenvalue weighted by atomic mass is 9.98. The second-order valence-corrected chi connectivity index (χ2v) is 9.13. The van der Waals surface area contributed by atoms with Crippen molar-refractivity contribution in [2.45, 2.75) is 31.6 Å². The summed E-state index contributed by atoms with van der Waals surface area (Å²) in [6, 6.07) is 12.4. The number of anilines is 1. The maximum absolute atomic E-state index is 13.1. The average Bonchev–Trinajstić information content (AvgIpc) is 2.68. The summed E-state index contributed by atoms with van der Waals surface area (Å²) in [4.78, 5) is 12.9. The molecule has 2 aromatic rings. The topological polar surface area (TPSA) is 75.7 Å². The number of rotatable bonds is 5.